The Balaban J connectivity index is 3.61. The van der Waals surface area contributed by atoms with Crippen LogP contribution in [0.5, 0.6) is 0 Å². The zero-order valence-corrected chi connectivity index (χ0v) is 6.52. The standard InChI is InChI=1S/C6H12F3NO/c1-10(2)4-3-5(11)6(7,8)9/h5,11H,3-4H2,1-2H3/t5-/m0/s1. The van der Waals surface area contributed by atoms with Crippen LogP contribution in [0.15, 0.2) is 0 Å². The molecule has 0 saturated carbocycles. The van der Waals surface area contributed by atoms with Crippen LogP contribution in [-0.2, 0) is 0 Å². The predicted molar refractivity (Wildman–Crippen MR) is 35.2 cm³/mol. The summed E-state index contributed by atoms with van der Waals surface area (Å²) in [4.78, 5) is 1.59. The number of aliphatic hydroxyl groups excluding tert-OH is 1. The van der Waals surface area contributed by atoms with Crippen molar-refractivity contribution in [2.75, 3.05) is 20.6 Å². The lowest BCUT2D eigenvalue weighted by molar-refractivity contribution is -0.205. The molecule has 11 heavy (non-hydrogen) atoms. The molecule has 1 atom stereocenters. The molecule has 0 aliphatic heterocycles. The summed E-state index contributed by atoms with van der Waals surface area (Å²) in [6.07, 6.45) is -6.93. The third-order valence-electron chi connectivity index (χ3n) is 1.23. The van der Waals surface area contributed by atoms with E-state index in [1.807, 2.05) is 0 Å². The highest BCUT2D eigenvalue weighted by Gasteiger charge is 2.37. The topological polar surface area (TPSA) is 23.5 Å². The largest absolute Gasteiger partial charge is 0.414 e. The third kappa shape index (κ3) is 5.03. The first-order valence-corrected chi connectivity index (χ1v) is 3.23. The third-order valence-corrected chi connectivity index (χ3v) is 1.23. The van der Waals surface area contributed by atoms with E-state index in [1.54, 1.807) is 19.0 Å². The van der Waals surface area contributed by atoms with Crippen molar-refractivity contribution in [1.29, 1.82) is 0 Å². The van der Waals surface area contributed by atoms with Gasteiger partial charge in [0.1, 0.15) is 0 Å². The Morgan fingerprint density at radius 1 is 1.36 bits per heavy atom. The quantitative estimate of drug-likeness (QED) is 0.680. The van der Waals surface area contributed by atoms with Crippen LogP contribution in [0.4, 0.5) is 13.2 Å². The second kappa shape index (κ2) is 3.92. The molecule has 5 heteroatoms. The normalized spacial score (nSPS) is 15.5. The molecule has 0 aromatic heterocycles. The van der Waals surface area contributed by atoms with Gasteiger partial charge in [0, 0.05) is 6.54 Å². The molecule has 0 radical (unpaired) electrons. The van der Waals surface area contributed by atoms with Gasteiger partial charge in [0.15, 0.2) is 6.10 Å². The van der Waals surface area contributed by atoms with Crippen molar-refractivity contribution < 1.29 is 18.3 Å². The van der Waals surface area contributed by atoms with E-state index in [2.05, 4.69) is 0 Å². The Kier molecular flexibility index (Phi) is 3.82. The minimum absolute atomic E-state index is 0.237. The fourth-order valence-electron chi connectivity index (χ4n) is 0.544. The molecule has 0 amide bonds. The fraction of sp³-hybridized carbons (Fsp3) is 1.00. The molecule has 0 aromatic rings. The van der Waals surface area contributed by atoms with E-state index in [9.17, 15) is 13.2 Å². The van der Waals surface area contributed by atoms with Crippen molar-refractivity contribution in [3.05, 3.63) is 0 Å². The van der Waals surface area contributed by atoms with Gasteiger partial charge in [0.25, 0.3) is 0 Å². The Hall–Kier alpha value is -0.290. The second-order valence-corrected chi connectivity index (χ2v) is 2.65. The lowest BCUT2D eigenvalue weighted by atomic mass is 10.2. The molecule has 0 rings (SSSR count). The molecule has 0 aliphatic rings. The van der Waals surface area contributed by atoms with Crippen LogP contribution < -0.4 is 0 Å². The molecule has 0 bridgehead atoms. The number of rotatable bonds is 3. The first-order chi connectivity index (χ1) is 4.84. The summed E-state index contributed by atoms with van der Waals surface area (Å²) in [5.74, 6) is 0. The van der Waals surface area contributed by atoms with Crippen molar-refractivity contribution in [3.8, 4) is 0 Å². The van der Waals surface area contributed by atoms with E-state index in [4.69, 9.17) is 5.11 Å². The minimum Gasteiger partial charge on any atom is -0.384 e. The van der Waals surface area contributed by atoms with Gasteiger partial charge in [-0.05, 0) is 20.5 Å². The Bertz CT molecular complexity index is 113. The van der Waals surface area contributed by atoms with E-state index in [1.165, 1.54) is 0 Å². The molecule has 0 fully saturated rings. The Morgan fingerprint density at radius 2 is 1.82 bits per heavy atom. The monoisotopic (exact) mass is 171 g/mol. The van der Waals surface area contributed by atoms with Gasteiger partial charge in [-0.25, -0.2) is 0 Å². The summed E-state index contributed by atoms with van der Waals surface area (Å²) in [6.45, 7) is 0.237. The highest BCUT2D eigenvalue weighted by atomic mass is 19.4. The second-order valence-electron chi connectivity index (χ2n) is 2.65. The number of alkyl halides is 3. The highest BCUT2D eigenvalue weighted by Crippen LogP contribution is 2.21. The van der Waals surface area contributed by atoms with Crippen molar-refractivity contribution >= 4 is 0 Å². The van der Waals surface area contributed by atoms with E-state index in [0.29, 0.717) is 0 Å². The van der Waals surface area contributed by atoms with Crippen LogP contribution in [0.25, 0.3) is 0 Å². The van der Waals surface area contributed by atoms with Crippen LogP contribution >= 0.6 is 0 Å². The summed E-state index contributed by atoms with van der Waals surface area (Å²) in [5.41, 5.74) is 0. The van der Waals surface area contributed by atoms with Crippen LogP contribution in [0, 0.1) is 0 Å². The summed E-state index contributed by atoms with van der Waals surface area (Å²) in [6, 6.07) is 0. The first kappa shape index (κ1) is 10.7. The number of hydrogen-bond donors (Lipinski definition) is 1. The highest BCUT2D eigenvalue weighted by molar-refractivity contribution is 4.65. The Morgan fingerprint density at radius 3 is 2.09 bits per heavy atom. The van der Waals surface area contributed by atoms with Crippen LogP contribution in [-0.4, -0.2) is 42.9 Å². The lowest BCUT2D eigenvalue weighted by Gasteiger charge is -2.16. The average molecular weight is 171 g/mol. The zero-order chi connectivity index (χ0) is 9.07. The van der Waals surface area contributed by atoms with Gasteiger partial charge in [-0.3, -0.25) is 0 Å². The fourth-order valence-corrected chi connectivity index (χ4v) is 0.544. The average Bonchev–Trinajstić information content (AvgIpc) is 1.80. The van der Waals surface area contributed by atoms with E-state index in [0.717, 1.165) is 0 Å². The van der Waals surface area contributed by atoms with Crippen molar-refractivity contribution in [1.82, 2.24) is 4.90 Å². The van der Waals surface area contributed by atoms with Gasteiger partial charge in [0.2, 0.25) is 0 Å². The zero-order valence-electron chi connectivity index (χ0n) is 6.52. The minimum atomic E-state index is -4.48. The molecule has 0 unspecified atom stereocenters. The molecule has 1 N–H and O–H groups in total. The van der Waals surface area contributed by atoms with E-state index in [-0.39, 0.29) is 13.0 Å². The van der Waals surface area contributed by atoms with Crippen molar-refractivity contribution in [2.45, 2.75) is 18.7 Å². The number of aliphatic hydroxyl groups is 1. The molecule has 2 nitrogen and oxygen atoms in total. The maximum absolute atomic E-state index is 11.6. The van der Waals surface area contributed by atoms with Crippen molar-refractivity contribution in [3.63, 3.8) is 0 Å². The first-order valence-electron chi connectivity index (χ1n) is 3.23. The van der Waals surface area contributed by atoms with Gasteiger partial charge in [0.05, 0.1) is 0 Å². The maximum Gasteiger partial charge on any atom is 0.414 e. The number of nitrogens with zero attached hydrogens (tertiary/aromatic N) is 1. The maximum atomic E-state index is 11.6. The summed E-state index contributed by atoms with van der Waals surface area (Å²) in [5, 5.41) is 8.48. The molecule has 0 spiro atoms. The molecule has 0 heterocycles. The Labute approximate surface area is 63.6 Å². The number of hydrogen-bond acceptors (Lipinski definition) is 2. The van der Waals surface area contributed by atoms with Crippen LogP contribution in [0.2, 0.25) is 0 Å². The van der Waals surface area contributed by atoms with Gasteiger partial charge in [-0.2, -0.15) is 13.2 Å². The summed E-state index contributed by atoms with van der Waals surface area (Å²) < 4.78 is 34.9. The molecule has 0 saturated heterocycles. The predicted octanol–water partition coefficient (Wildman–Crippen LogP) is 0.861. The van der Waals surface area contributed by atoms with Gasteiger partial charge in [-0.15, -0.1) is 0 Å². The number of halogens is 3. The summed E-state index contributed by atoms with van der Waals surface area (Å²) in [7, 11) is 3.31. The molecular weight excluding hydrogens is 159 g/mol. The lowest BCUT2D eigenvalue weighted by Crippen LogP contribution is -2.31. The van der Waals surface area contributed by atoms with Gasteiger partial charge in [-0.1, -0.05) is 0 Å². The van der Waals surface area contributed by atoms with Crippen LogP contribution in [0.3, 0.4) is 0 Å². The summed E-state index contributed by atoms with van der Waals surface area (Å²) >= 11 is 0. The van der Waals surface area contributed by atoms with Crippen LogP contribution in [0.1, 0.15) is 6.42 Å². The van der Waals surface area contributed by atoms with Gasteiger partial charge < -0.3 is 10.0 Å². The smallest absolute Gasteiger partial charge is 0.384 e. The SMILES string of the molecule is CN(C)CC[C@H](O)C(F)(F)F. The molecule has 0 aromatic carbocycles. The molecule has 68 valence electrons. The van der Waals surface area contributed by atoms with E-state index >= 15 is 0 Å². The molecular formula is C6H12F3NO. The van der Waals surface area contributed by atoms with E-state index < -0.39 is 12.3 Å². The van der Waals surface area contributed by atoms with Gasteiger partial charge >= 0.3 is 6.18 Å². The van der Waals surface area contributed by atoms with Crippen molar-refractivity contribution in [2.24, 2.45) is 0 Å². The molecule has 0 aliphatic carbocycles.